The van der Waals surface area contributed by atoms with E-state index in [0.717, 1.165) is 29.7 Å². The summed E-state index contributed by atoms with van der Waals surface area (Å²) in [4.78, 5) is 14.9. The van der Waals surface area contributed by atoms with Crippen LogP contribution in [-0.2, 0) is 6.54 Å². The van der Waals surface area contributed by atoms with Crippen LogP contribution < -0.4 is 19.5 Å². The summed E-state index contributed by atoms with van der Waals surface area (Å²) < 4.78 is 16.1. The maximum Gasteiger partial charge on any atom is 0.322 e. The van der Waals surface area contributed by atoms with Crippen molar-refractivity contribution in [3.63, 3.8) is 0 Å². The van der Waals surface area contributed by atoms with E-state index < -0.39 is 0 Å². The van der Waals surface area contributed by atoms with Crippen LogP contribution in [0.5, 0.6) is 17.2 Å². The molecule has 1 saturated carbocycles. The Morgan fingerprint density at radius 1 is 1.04 bits per heavy atom. The molecule has 27 heavy (non-hydrogen) atoms. The number of urea groups is 1. The summed E-state index contributed by atoms with van der Waals surface area (Å²) in [6.07, 6.45) is 2.04. The average Bonchev–Trinajstić information content (AvgIpc) is 3.52. The number of nitrogens with one attached hydrogen (secondary N) is 1. The third-order valence-corrected chi connectivity index (χ3v) is 4.75. The smallest absolute Gasteiger partial charge is 0.322 e. The number of benzene rings is 2. The van der Waals surface area contributed by atoms with Gasteiger partial charge in [0.15, 0.2) is 11.5 Å². The lowest BCUT2D eigenvalue weighted by Crippen LogP contribution is -2.36. The lowest BCUT2D eigenvalue weighted by Gasteiger charge is -2.24. The first-order valence-electron chi connectivity index (χ1n) is 8.99. The summed E-state index contributed by atoms with van der Waals surface area (Å²) in [5, 5.41) is 3.03. The SMILES string of the molecule is COc1ccccc1CN(C(=O)Nc1cc(OC)c(OC)cc1C)C1CC1. The normalized spacial score (nSPS) is 13.0. The Morgan fingerprint density at radius 3 is 2.30 bits per heavy atom. The molecule has 0 aliphatic heterocycles. The van der Waals surface area contributed by atoms with Gasteiger partial charge in [0.1, 0.15) is 5.75 Å². The Labute approximate surface area is 160 Å². The number of ether oxygens (including phenoxy) is 3. The van der Waals surface area contributed by atoms with Crippen molar-refractivity contribution in [1.82, 2.24) is 4.90 Å². The van der Waals surface area contributed by atoms with Gasteiger partial charge in [-0.25, -0.2) is 4.79 Å². The fourth-order valence-electron chi connectivity index (χ4n) is 3.07. The zero-order valence-electron chi connectivity index (χ0n) is 16.2. The van der Waals surface area contributed by atoms with Gasteiger partial charge in [-0.15, -0.1) is 0 Å². The van der Waals surface area contributed by atoms with Crippen molar-refractivity contribution in [2.75, 3.05) is 26.6 Å². The van der Waals surface area contributed by atoms with Crippen LogP contribution in [0.15, 0.2) is 36.4 Å². The minimum Gasteiger partial charge on any atom is -0.496 e. The third kappa shape index (κ3) is 4.27. The van der Waals surface area contributed by atoms with Gasteiger partial charge < -0.3 is 24.4 Å². The highest BCUT2D eigenvalue weighted by Crippen LogP contribution is 2.34. The monoisotopic (exact) mass is 370 g/mol. The highest BCUT2D eigenvalue weighted by Gasteiger charge is 2.33. The van der Waals surface area contributed by atoms with Gasteiger partial charge >= 0.3 is 6.03 Å². The predicted molar refractivity (Wildman–Crippen MR) is 105 cm³/mol. The predicted octanol–water partition coefficient (Wildman–Crippen LogP) is 4.22. The second-order valence-electron chi connectivity index (χ2n) is 6.62. The molecule has 6 nitrogen and oxygen atoms in total. The largest absolute Gasteiger partial charge is 0.496 e. The van der Waals surface area contributed by atoms with Crippen LogP contribution in [-0.4, -0.2) is 38.3 Å². The molecule has 1 aliphatic rings. The second kappa shape index (κ2) is 8.20. The van der Waals surface area contributed by atoms with Gasteiger partial charge in [-0.05, 0) is 37.5 Å². The molecule has 1 N–H and O–H groups in total. The quantitative estimate of drug-likeness (QED) is 0.793. The molecule has 2 aromatic carbocycles. The highest BCUT2D eigenvalue weighted by atomic mass is 16.5. The lowest BCUT2D eigenvalue weighted by molar-refractivity contribution is 0.205. The van der Waals surface area contributed by atoms with Crippen LogP contribution >= 0.6 is 0 Å². The first-order chi connectivity index (χ1) is 13.1. The van der Waals surface area contributed by atoms with Crippen molar-refractivity contribution in [3.05, 3.63) is 47.5 Å². The van der Waals surface area contributed by atoms with E-state index in [4.69, 9.17) is 14.2 Å². The number of methoxy groups -OCH3 is 3. The Balaban J connectivity index is 1.80. The van der Waals surface area contributed by atoms with Crippen LogP contribution in [0.3, 0.4) is 0 Å². The van der Waals surface area contributed by atoms with Crippen LogP contribution in [0.4, 0.5) is 10.5 Å². The molecule has 6 heteroatoms. The van der Waals surface area contributed by atoms with E-state index in [9.17, 15) is 4.79 Å². The average molecular weight is 370 g/mol. The van der Waals surface area contributed by atoms with Crippen LogP contribution in [0.25, 0.3) is 0 Å². The van der Waals surface area contributed by atoms with Crippen molar-refractivity contribution in [1.29, 1.82) is 0 Å². The molecule has 0 unspecified atom stereocenters. The summed E-state index contributed by atoms with van der Waals surface area (Å²) in [5.74, 6) is 2.01. The zero-order valence-corrected chi connectivity index (χ0v) is 16.2. The lowest BCUT2D eigenvalue weighted by atomic mass is 10.1. The van der Waals surface area contributed by atoms with E-state index in [-0.39, 0.29) is 12.1 Å². The molecule has 3 rings (SSSR count). The van der Waals surface area contributed by atoms with E-state index in [2.05, 4.69) is 5.32 Å². The number of aryl methyl sites for hydroxylation is 1. The highest BCUT2D eigenvalue weighted by molar-refractivity contribution is 5.91. The molecule has 2 aromatic rings. The number of nitrogens with zero attached hydrogens (tertiary/aromatic N) is 1. The number of rotatable bonds is 7. The molecule has 1 aliphatic carbocycles. The van der Waals surface area contributed by atoms with Crippen molar-refractivity contribution >= 4 is 11.7 Å². The molecule has 144 valence electrons. The molecular formula is C21H26N2O4. The Morgan fingerprint density at radius 2 is 1.67 bits per heavy atom. The van der Waals surface area contributed by atoms with Gasteiger partial charge in [0, 0.05) is 23.4 Å². The number of amides is 2. The molecule has 2 amide bonds. The summed E-state index contributed by atoms with van der Waals surface area (Å²) in [6, 6.07) is 11.6. The maximum atomic E-state index is 13.0. The van der Waals surface area contributed by atoms with E-state index in [0.29, 0.717) is 23.7 Å². The van der Waals surface area contributed by atoms with E-state index in [1.165, 1.54) is 0 Å². The van der Waals surface area contributed by atoms with Gasteiger partial charge in [0.2, 0.25) is 0 Å². The van der Waals surface area contributed by atoms with E-state index in [1.807, 2.05) is 42.2 Å². The minimum atomic E-state index is -0.126. The fraction of sp³-hybridized carbons (Fsp3) is 0.381. The van der Waals surface area contributed by atoms with E-state index in [1.54, 1.807) is 27.4 Å². The Kier molecular flexibility index (Phi) is 5.74. The van der Waals surface area contributed by atoms with Crippen molar-refractivity contribution in [2.45, 2.75) is 32.4 Å². The Hall–Kier alpha value is -2.89. The number of carbonyl (C=O) groups excluding carboxylic acids is 1. The van der Waals surface area contributed by atoms with Gasteiger partial charge in [-0.2, -0.15) is 0 Å². The fourth-order valence-corrected chi connectivity index (χ4v) is 3.07. The summed E-state index contributed by atoms with van der Waals surface area (Å²) in [7, 11) is 4.82. The first kappa shape index (κ1) is 18.9. The van der Waals surface area contributed by atoms with Crippen molar-refractivity contribution in [3.8, 4) is 17.2 Å². The molecule has 0 radical (unpaired) electrons. The van der Waals surface area contributed by atoms with Gasteiger partial charge in [-0.1, -0.05) is 18.2 Å². The minimum absolute atomic E-state index is 0.126. The number of carbonyl (C=O) groups is 1. The Bertz CT molecular complexity index is 818. The van der Waals surface area contributed by atoms with Crippen LogP contribution in [0, 0.1) is 6.92 Å². The number of para-hydroxylation sites is 1. The van der Waals surface area contributed by atoms with Crippen molar-refractivity contribution in [2.24, 2.45) is 0 Å². The van der Waals surface area contributed by atoms with Gasteiger partial charge in [-0.3, -0.25) is 0 Å². The number of hydrogen-bond donors (Lipinski definition) is 1. The summed E-state index contributed by atoms with van der Waals surface area (Å²) in [6.45, 7) is 2.44. The standard InChI is InChI=1S/C21H26N2O4/c1-14-11-19(26-3)20(27-4)12-17(14)22-21(24)23(16-9-10-16)13-15-7-5-6-8-18(15)25-2/h5-8,11-12,16H,9-10,13H2,1-4H3,(H,22,24). The van der Waals surface area contributed by atoms with Crippen molar-refractivity contribution < 1.29 is 19.0 Å². The number of anilines is 1. The molecule has 0 atom stereocenters. The number of hydrogen-bond acceptors (Lipinski definition) is 4. The molecule has 0 spiro atoms. The van der Waals surface area contributed by atoms with E-state index >= 15 is 0 Å². The van der Waals surface area contributed by atoms with Crippen LogP contribution in [0.2, 0.25) is 0 Å². The molecule has 0 heterocycles. The molecule has 0 saturated heterocycles. The van der Waals surface area contributed by atoms with Crippen LogP contribution in [0.1, 0.15) is 24.0 Å². The molecule has 0 aromatic heterocycles. The van der Waals surface area contributed by atoms with Gasteiger partial charge in [0.25, 0.3) is 0 Å². The molecule has 0 bridgehead atoms. The third-order valence-electron chi connectivity index (χ3n) is 4.75. The first-order valence-corrected chi connectivity index (χ1v) is 8.99. The summed E-state index contributed by atoms with van der Waals surface area (Å²) >= 11 is 0. The summed E-state index contributed by atoms with van der Waals surface area (Å²) in [5.41, 5.74) is 2.61. The zero-order chi connectivity index (χ0) is 19.4. The second-order valence-corrected chi connectivity index (χ2v) is 6.62. The van der Waals surface area contributed by atoms with Gasteiger partial charge in [0.05, 0.1) is 27.9 Å². The molecular weight excluding hydrogens is 344 g/mol. The topological polar surface area (TPSA) is 60.0 Å². The maximum absolute atomic E-state index is 13.0. The molecule has 1 fully saturated rings.